The van der Waals surface area contributed by atoms with Crippen molar-refractivity contribution in [1.82, 2.24) is 9.97 Å². The molecule has 0 fully saturated rings. The Balaban J connectivity index is 1.97. The fourth-order valence-corrected chi connectivity index (χ4v) is 1.49. The number of nitrogens with zero attached hydrogens (tertiary/aromatic N) is 2. The molecule has 0 radical (unpaired) electrons. The lowest BCUT2D eigenvalue weighted by Crippen LogP contribution is -2.02. The number of methoxy groups -OCH3 is 1. The summed E-state index contributed by atoms with van der Waals surface area (Å²) < 4.78 is 5.11. The molecule has 1 heterocycles. The van der Waals surface area contributed by atoms with Crippen LogP contribution in [0.25, 0.3) is 0 Å². The second-order valence-electron chi connectivity index (χ2n) is 3.69. The minimum absolute atomic E-state index is 0.737. The molecule has 0 aliphatic heterocycles. The highest BCUT2D eigenvalue weighted by Gasteiger charge is 1.97. The van der Waals surface area contributed by atoms with Crippen LogP contribution in [0.1, 0.15) is 11.4 Å². The SMILES string of the molecule is COc1ccc(CNc2ccnc(C)n2)cc1. The number of hydrogen-bond acceptors (Lipinski definition) is 4. The van der Waals surface area contributed by atoms with Gasteiger partial charge >= 0.3 is 0 Å². The summed E-state index contributed by atoms with van der Waals surface area (Å²) in [5.74, 6) is 2.48. The van der Waals surface area contributed by atoms with E-state index in [0.29, 0.717) is 0 Å². The van der Waals surface area contributed by atoms with Gasteiger partial charge in [-0.25, -0.2) is 9.97 Å². The Labute approximate surface area is 101 Å². The van der Waals surface area contributed by atoms with Crippen LogP contribution in [0.2, 0.25) is 0 Å². The molecule has 0 saturated heterocycles. The highest BCUT2D eigenvalue weighted by molar-refractivity contribution is 5.35. The number of aromatic nitrogens is 2. The van der Waals surface area contributed by atoms with E-state index < -0.39 is 0 Å². The number of anilines is 1. The molecule has 1 aromatic carbocycles. The van der Waals surface area contributed by atoms with E-state index in [-0.39, 0.29) is 0 Å². The van der Waals surface area contributed by atoms with Crippen LogP contribution in [0, 0.1) is 6.92 Å². The zero-order valence-electron chi connectivity index (χ0n) is 9.97. The van der Waals surface area contributed by atoms with E-state index in [2.05, 4.69) is 15.3 Å². The van der Waals surface area contributed by atoms with Gasteiger partial charge < -0.3 is 10.1 Å². The fourth-order valence-electron chi connectivity index (χ4n) is 1.49. The van der Waals surface area contributed by atoms with Gasteiger partial charge in [-0.3, -0.25) is 0 Å². The second kappa shape index (κ2) is 5.30. The number of rotatable bonds is 4. The molecule has 4 heteroatoms. The third-order valence-electron chi connectivity index (χ3n) is 2.41. The van der Waals surface area contributed by atoms with Crippen LogP contribution in [0.5, 0.6) is 5.75 Å². The molecular weight excluding hydrogens is 214 g/mol. The Kier molecular flexibility index (Phi) is 3.55. The van der Waals surface area contributed by atoms with Gasteiger partial charge in [0.25, 0.3) is 0 Å². The predicted molar refractivity (Wildman–Crippen MR) is 67.1 cm³/mol. The molecule has 0 aliphatic rings. The fraction of sp³-hybridized carbons (Fsp3) is 0.231. The van der Waals surface area contributed by atoms with Crippen molar-refractivity contribution in [3.05, 3.63) is 47.9 Å². The molecule has 0 unspecified atom stereocenters. The summed E-state index contributed by atoms with van der Waals surface area (Å²) in [4.78, 5) is 8.32. The van der Waals surface area contributed by atoms with Crippen molar-refractivity contribution in [1.29, 1.82) is 0 Å². The van der Waals surface area contributed by atoms with Crippen LogP contribution in [0.4, 0.5) is 5.82 Å². The zero-order valence-corrected chi connectivity index (χ0v) is 9.97. The Morgan fingerprint density at radius 3 is 2.59 bits per heavy atom. The van der Waals surface area contributed by atoms with Crippen molar-refractivity contribution in [2.75, 3.05) is 12.4 Å². The van der Waals surface area contributed by atoms with Gasteiger partial charge in [-0.05, 0) is 30.7 Å². The summed E-state index contributed by atoms with van der Waals surface area (Å²) in [5, 5.41) is 3.25. The maximum absolute atomic E-state index is 5.11. The van der Waals surface area contributed by atoms with Crippen LogP contribution >= 0.6 is 0 Å². The topological polar surface area (TPSA) is 47.0 Å². The van der Waals surface area contributed by atoms with Crippen molar-refractivity contribution < 1.29 is 4.74 Å². The lowest BCUT2D eigenvalue weighted by atomic mass is 10.2. The van der Waals surface area contributed by atoms with E-state index in [9.17, 15) is 0 Å². The van der Waals surface area contributed by atoms with Crippen LogP contribution in [-0.4, -0.2) is 17.1 Å². The van der Waals surface area contributed by atoms with Crippen LogP contribution in [-0.2, 0) is 6.54 Å². The van der Waals surface area contributed by atoms with Crippen molar-refractivity contribution in [2.45, 2.75) is 13.5 Å². The molecule has 0 bridgehead atoms. The lowest BCUT2D eigenvalue weighted by molar-refractivity contribution is 0.414. The van der Waals surface area contributed by atoms with Crippen LogP contribution in [0.15, 0.2) is 36.5 Å². The molecule has 0 spiro atoms. The molecule has 2 aromatic rings. The third kappa shape index (κ3) is 3.17. The Morgan fingerprint density at radius 1 is 1.18 bits per heavy atom. The van der Waals surface area contributed by atoms with Crippen molar-refractivity contribution in [3.8, 4) is 5.75 Å². The van der Waals surface area contributed by atoms with E-state index >= 15 is 0 Å². The largest absolute Gasteiger partial charge is 0.497 e. The third-order valence-corrected chi connectivity index (χ3v) is 2.41. The zero-order chi connectivity index (χ0) is 12.1. The number of benzene rings is 1. The smallest absolute Gasteiger partial charge is 0.129 e. The van der Waals surface area contributed by atoms with Crippen LogP contribution in [0.3, 0.4) is 0 Å². The van der Waals surface area contributed by atoms with Gasteiger partial charge in [0.05, 0.1) is 7.11 Å². The van der Waals surface area contributed by atoms with Crippen molar-refractivity contribution >= 4 is 5.82 Å². The number of nitrogens with one attached hydrogen (secondary N) is 1. The summed E-state index contributed by atoms with van der Waals surface area (Å²) in [7, 11) is 1.66. The molecule has 2 rings (SSSR count). The average Bonchev–Trinajstić information content (AvgIpc) is 2.37. The first-order valence-electron chi connectivity index (χ1n) is 5.44. The minimum atomic E-state index is 0.737. The molecular formula is C13H15N3O. The summed E-state index contributed by atoms with van der Waals surface area (Å²) in [6.45, 7) is 2.61. The van der Waals surface area contributed by atoms with Gasteiger partial charge in [0.15, 0.2) is 0 Å². The average molecular weight is 229 g/mol. The van der Waals surface area contributed by atoms with Gasteiger partial charge in [0.2, 0.25) is 0 Å². The monoisotopic (exact) mass is 229 g/mol. The first kappa shape index (κ1) is 11.4. The summed E-state index contributed by atoms with van der Waals surface area (Å²) in [6, 6.07) is 9.81. The minimum Gasteiger partial charge on any atom is -0.497 e. The van der Waals surface area contributed by atoms with E-state index in [1.807, 2.05) is 37.3 Å². The molecule has 0 atom stereocenters. The van der Waals surface area contributed by atoms with Gasteiger partial charge in [-0.15, -0.1) is 0 Å². The van der Waals surface area contributed by atoms with E-state index in [1.165, 1.54) is 5.56 Å². The van der Waals surface area contributed by atoms with E-state index in [0.717, 1.165) is 23.9 Å². The molecule has 1 aromatic heterocycles. The molecule has 4 nitrogen and oxygen atoms in total. The molecule has 0 amide bonds. The second-order valence-corrected chi connectivity index (χ2v) is 3.69. The van der Waals surface area contributed by atoms with E-state index in [1.54, 1.807) is 13.3 Å². The number of ether oxygens (including phenoxy) is 1. The number of hydrogen-bond donors (Lipinski definition) is 1. The highest BCUT2D eigenvalue weighted by Crippen LogP contribution is 2.12. The quantitative estimate of drug-likeness (QED) is 0.874. The van der Waals surface area contributed by atoms with Gasteiger partial charge in [-0.2, -0.15) is 0 Å². The van der Waals surface area contributed by atoms with Crippen molar-refractivity contribution in [2.24, 2.45) is 0 Å². The molecule has 0 saturated carbocycles. The van der Waals surface area contributed by atoms with Crippen molar-refractivity contribution in [3.63, 3.8) is 0 Å². The summed E-state index contributed by atoms with van der Waals surface area (Å²) in [5.41, 5.74) is 1.18. The number of aryl methyl sites for hydroxylation is 1. The normalized spacial score (nSPS) is 10.0. The maximum Gasteiger partial charge on any atom is 0.129 e. The standard InChI is InChI=1S/C13H15N3O/c1-10-14-8-7-13(16-10)15-9-11-3-5-12(17-2)6-4-11/h3-8H,9H2,1-2H3,(H,14,15,16). The lowest BCUT2D eigenvalue weighted by Gasteiger charge is -2.06. The Hall–Kier alpha value is -2.10. The Morgan fingerprint density at radius 2 is 1.94 bits per heavy atom. The molecule has 1 N–H and O–H groups in total. The van der Waals surface area contributed by atoms with Gasteiger partial charge in [0.1, 0.15) is 17.4 Å². The highest BCUT2D eigenvalue weighted by atomic mass is 16.5. The Bertz CT molecular complexity index is 482. The van der Waals surface area contributed by atoms with E-state index in [4.69, 9.17) is 4.74 Å². The maximum atomic E-state index is 5.11. The predicted octanol–water partition coefficient (Wildman–Crippen LogP) is 2.41. The van der Waals surface area contributed by atoms with Crippen LogP contribution < -0.4 is 10.1 Å². The summed E-state index contributed by atoms with van der Waals surface area (Å²) in [6.07, 6.45) is 1.75. The molecule has 17 heavy (non-hydrogen) atoms. The molecule has 88 valence electrons. The first-order valence-corrected chi connectivity index (χ1v) is 5.44. The van der Waals surface area contributed by atoms with Gasteiger partial charge in [0, 0.05) is 12.7 Å². The summed E-state index contributed by atoms with van der Waals surface area (Å²) >= 11 is 0. The molecule has 0 aliphatic carbocycles. The van der Waals surface area contributed by atoms with Gasteiger partial charge in [-0.1, -0.05) is 12.1 Å². The first-order chi connectivity index (χ1) is 8.28.